The Labute approximate surface area is 205 Å². The van der Waals surface area contributed by atoms with Crippen LogP contribution in [-0.4, -0.2) is 73.0 Å². The van der Waals surface area contributed by atoms with E-state index in [1.54, 1.807) is 4.90 Å². The first-order valence-corrected chi connectivity index (χ1v) is 13.2. The van der Waals surface area contributed by atoms with Crippen molar-refractivity contribution in [3.05, 3.63) is 30.1 Å². The molecule has 6 fully saturated rings. The highest BCUT2D eigenvalue weighted by atomic mass is 19.1. The Morgan fingerprint density at radius 3 is 2.20 bits per heavy atom. The minimum Gasteiger partial charge on any atom is -0.379 e. The molecular formula is C27H34FN3O4. The molecule has 4 saturated carbocycles. The Bertz CT molecular complexity index is 971. The molecule has 1 aromatic rings. The van der Waals surface area contributed by atoms with Crippen molar-refractivity contribution in [2.24, 2.45) is 23.2 Å². The molecule has 6 aliphatic rings. The van der Waals surface area contributed by atoms with Gasteiger partial charge >= 0.3 is 0 Å². The average molecular weight is 484 g/mol. The van der Waals surface area contributed by atoms with Gasteiger partial charge in [0.1, 0.15) is 11.9 Å². The van der Waals surface area contributed by atoms with Crippen molar-refractivity contribution in [2.45, 2.75) is 51.0 Å². The number of rotatable bonds is 6. The van der Waals surface area contributed by atoms with Crippen LogP contribution in [0.5, 0.6) is 0 Å². The fraction of sp³-hybridized carbons (Fsp3) is 0.667. The number of carbonyl (C=O) groups excluding carboxylic acids is 3. The van der Waals surface area contributed by atoms with Crippen LogP contribution in [0.1, 0.15) is 44.9 Å². The Morgan fingerprint density at radius 2 is 1.60 bits per heavy atom. The molecular weight excluding hydrogens is 449 g/mol. The van der Waals surface area contributed by atoms with Crippen LogP contribution >= 0.6 is 0 Å². The molecule has 4 aliphatic carbocycles. The summed E-state index contributed by atoms with van der Waals surface area (Å²) in [6, 6.07) is 4.60. The third kappa shape index (κ3) is 4.18. The summed E-state index contributed by atoms with van der Waals surface area (Å²) in [7, 11) is 0. The van der Waals surface area contributed by atoms with Crippen LogP contribution in [0.4, 0.5) is 10.1 Å². The number of morpholine rings is 1. The molecule has 1 unspecified atom stereocenters. The summed E-state index contributed by atoms with van der Waals surface area (Å²) < 4.78 is 18.9. The number of nitrogens with zero attached hydrogens (tertiary/aromatic N) is 3. The fourth-order valence-corrected chi connectivity index (χ4v) is 7.87. The number of hydrogen-bond acceptors (Lipinski definition) is 5. The van der Waals surface area contributed by atoms with Gasteiger partial charge in [-0.25, -0.2) is 9.29 Å². The van der Waals surface area contributed by atoms with Gasteiger partial charge in [0.2, 0.25) is 11.8 Å². The summed E-state index contributed by atoms with van der Waals surface area (Å²) in [6.07, 6.45) is 6.45. The predicted octanol–water partition coefficient (Wildman–Crippen LogP) is 2.83. The second-order valence-electron chi connectivity index (χ2n) is 11.4. The van der Waals surface area contributed by atoms with E-state index >= 15 is 0 Å². The number of carbonyl (C=O) groups is 3. The molecule has 8 heteroatoms. The number of hydrogen-bond donors (Lipinski definition) is 0. The van der Waals surface area contributed by atoms with Crippen molar-refractivity contribution >= 4 is 23.4 Å². The van der Waals surface area contributed by atoms with Crippen LogP contribution in [0.3, 0.4) is 0 Å². The Balaban J connectivity index is 1.27. The lowest BCUT2D eigenvalue weighted by Crippen LogP contribution is -2.58. The molecule has 0 radical (unpaired) electrons. The van der Waals surface area contributed by atoms with Gasteiger partial charge in [-0.15, -0.1) is 0 Å². The Hall–Kier alpha value is -2.32. The zero-order valence-corrected chi connectivity index (χ0v) is 20.2. The molecule has 4 bridgehead atoms. The Morgan fingerprint density at radius 1 is 1.00 bits per heavy atom. The maximum absolute atomic E-state index is 14.3. The summed E-state index contributed by atoms with van der Waals surface area (Å²) in [5, 5.41) is 0. The van der Waals surface area contributed by atoms with Crippen LogP contribution in [0.25, 0.3) is 0 Å². The highest BCUT2D eigenvalue weighted by Gasteiger charge is 2.57. The number of ether oxygens (including phenoxy) is 1. The molecule has 1 atom stereocenters. The van der Waals surface area contributed by atoms with Crippen molar-refractivity contribution in [3.8, 4) is 0 Å². The standard InChI is InChI=1S/C27H34FN3O4/c28-21-1-3-22(4-2-21)31-24(32)14-23(25(31)33)30(6-5-29-7-9-35-10-8-29)26(34)27-15-18-11-19(16-27)13-20(12-18)17-27/h1-4,18-20,23H,5-17H2. The SMILES string of the molecule is O=C1CC(N(CCN2CCOCC2)C(=O)C23CC4CC(CC(C4)C2)C3)C(=O)N1c1ccc(F)cc1. The van der Waals surface area contributed by atoms with Gasteiger partial charge in [0.05, 0.1) is 30.7 Å². The van der Waals surface area contributed by atoms with Crippen LogP contribution in [0, 0.1) is 29.0 Å². The van der Waals surface area contributed by atoms with E-state index in [1.807, 2.05) is 0 Å². The van der Waals surface area contributed by atoms with Gasteiger partial charge in [-0.1, -0.05) is 0 Å². The summed E-state index contributed by atoms with van der Waals surface area (Å²) in [6.45, 7) is 4.04. The molecule has 2 heterocycles. The van der Waals surface area contributed by atoms with E-state index in [1.165, 1.54) is 43.5 Å². The lowest BCUT2D eigenvalue weighted by molar-refractivity contribution is -0.162. The molecule has 3 amide bonds. The van der Waals surface area contributed by atoms with Gasteiger partial charge in [-0.3, -0.25) is 19.3 Å². The molecule has 0 N–H and O–H groups in total. The molecule has 188 valence electrons. The van der Waals surface area contributed by atoms with Gasteiger partial charge in [-0.2, -0.15) is 0 Å². The maximum atomic E-state index is 14.3. The topological polar surface area (TPSA) is 70.2 Å². The van der Waals surface area contributed by atoms with Crippen LogP contribution in [0.2, 0.25) is 0 Å². The molecule has 0 spiro atoms. The van der Waals surface area contributed by atoms with E-state index in [4.69, 9.17) is 4.74 Å². The highest BCUT2D eigenvalue weighted by molar-refractivity contribution is 6.23. The van der Waals surface area contributed by atoms with Crippen molar-refractivity contribution < 1.29 is 23.5 Å². The number of benzene rings is 1. The van der Waals surface area contributed by atoms with Crippen LogP contribution < -0.4 is 4.90 Å². The zero-order valence-electron chi connectivity index (χ0n) is 20.2. The normalized spacial score (nSPS) is 34.6. The predicted molar refractivity (Wildman–Crippen MR) is 127 cm³/mol. The first kappa shape index (κ1) is 23.1. The van der Waals surface area contributed by atoms with E-state index < -0.39 is 11.9 Å². The van der Waals surface area contributed by atoms with Crippen molar-refractivity contribution in [1.29, 1.82) is 0 Å². The van der Waals surface area contributed by atoms with Crippen LogP contribution in [0.15, 0.2) is 24.3 Å². The van der Waals surface area contributed by atoms with Crippen LogP contribution in [-0.2, 0) is 19.1 Å². The van der Waals surface area contributed by atoms with Gasteiger partial charge in [0.15, 0.2) is 0 Å². The minimum absolute atomic E-state index is 0.0164. The van der Waals surface area contributed by atoms with Gasteiger partial charge < -0.3 is 9.64 Å². The second-order valence-corrected chi connectivity index (χ2v) is 11.4. The van der Waals surface area contributed by atoms with E-state index in [-0.39, 0.29) is 29.6 Å². The van der Waals surface area contributed by atoms with Gasteiger partial charge in [0.25, 0.3) is 5.91 Å². The fourth-order valence-electron chi connectivity index (χ4n) is 7.87. The van der Waals surface area contributed by atoms with E-state index in [0.29, 0.717) is 49.7 Å². The third-order valence-electron chi connectivity index (χ3n) is 9.10. The lowest BCUT2D eigenvalue weighted by Gasteiger charge is -2.57. The molecule has 35 heavy (non-hydrogen) atoms. The third-order valence-corrected chi connectivity index (χ3v) is 9.10. The Kier molecular flexibility index (Phi) is 5.92. The first-order chi connectivity index (χ1) is 16.9. The molecule has 0 aromatic heterocycles. The van der Waals surface area contributed by atoms with E-state index in [9.17, 15) is 18.8 Å². The minimum atomic E-state index is -0.797. The van der Waals surface area contributed by atoms with E-state index in [2.05, 4.69) is 4.90 Å². The maximum Gasteiger partial charge on any atom is 0.257 e. The summed E-state index contributed by atoms with van der Waals surface area (Å²) >= 11 is 0. The monoisotopic (exact) mass is 483 g/mol. The summed E-state index contributed by atoms with van der Waals surface area (Å²) in [5.41, 5.74) is -0.0221. The van der Waals surface area contributed by atoms with Gasteiger partial charge in [0, 0.05) is 26.2 Å². The summed E-state index contributed by atoms with van der Waals surface area (Å²) in [4.78, 5) is 46.1. The van der Waals surface area contributed by atoms with Crippen molar-refractivity contribution in [1.82, 2.24) is 9.80 Å². The molecule has 2 aliphatic heterocycles. The number of anilines is 1. The summed E-state index contributed by atoms with van der Waals surface area (Å²) in [5.74, 6) is 0.794. The number of amides is 3. The molecule has 7 rings (SSSR count). The lowest BCUT2D eigenvalue weighted by atomic mass is 9.49. The van der Waals surface area contributed by atoms with Gasteiger partial charge in [-0.05, 0) is 80.5 Å². The average Bonchev–Trinajstić information content (AvgIpc) is 3.13. The second kappa shape index (κ2) is 8.96. The number of imide groups is 1. The quantitative estimate of drug-likeness (QED) is 0.582. The zero-order chi connectivity index (χ0) is 24.2. The highest BCUT2D eigenvalue weighted by Crippen LogP contribution is 2.60. The van der Waals surface area contributed by atoms with E-state index in [0.717, 1.165) is 37.3 Å². The number of halogens is 1. The van der Waals surface area contributed by atoms with Crippen molar-refractivity contribution in [2.75, 3.05) is 44.3 Å². The molecule has 1 aromatic carbocycles. The largest absolute Gasteiger partial charge is 0.379 e. The van der Waals surface area contributed by atoms with Crippen molar-refractivity contribution in [3.63, 3.8) is 0 Å². The molecule has 7 nitrogen and oxygen atoms in total. The molecule has 2 saturated heterocycles. The smallest absolute Gasteiger partial charge is 0.257 e. The first-order valence-electron chi connectivity index (χ1n) is 13.2.